The molecule has 2 aliphatic heterocycles. The van der Waals surface area contributed by atoms with E-state index in [2.05, 4.69) is 5.10 Å². The maximum Gasteiger partial charge on any atom is 0.257 e. The van der Waals surface area contributed by atoms with E-state index in [1.54, 1.807) is 50.4 Å². The first-order valence-corrected chi connectivity index (χ1v) is 8.96. The van der Waals surface area contributed by atoms with Crippen LogP contribution in [0.1, 0.15) is 13.3 Å². The fraction of sp³-hybridized carbons (Fsp3) is 0.238. The minimum atomic E-state index is -0.750. The summed E-state index contributed by atoms with van der Waals surface area (Å²) in [7, 11) is 1.55. The third-order valence-corrected chi connectivity index (χ3v) is 5.10. The molecular formula is C21H19N3O4. The molecule has 0 aliphatic carbocycles. The number of hydrogen-bond acceptors (Lipinski definition) is 5. The number of anilines is 2. The predicted molar refractivity (Wildman–Crippen MR) is 104 cm³/mol. The van der Waals surface area contributed by atoms with Crippen LogP contribution < -0.4 is 14.6 Å². The van der Waals surface area contributed by atoms with Crippen LogP contribution in [-0.4, -0.2) is 30.5 Å². The molecule has 0 bridgehead atoms. The number of nitrogens with zero attached hydrogens (tertiary/aromatic N) is 3. The zero-order valence-electron chi connectivity index (χ0n) is 15.5. The van der Waals surface area contributed by atoms with E-state index >= 15 is 0 Å². The van der Waals surface area contributed by atoms with Crippen molar-refractivity contribution in [2.75, 3.05) is 17.0 Å². The monoisotopic (exact) mass is 377 g/mol. The Morgan fingerprint density at radius 2 is 1.61 bits per heavy atom. The predicted octanol–water partition coefficient (Wildman–Crippen LogP) is 2.61. The number of carbonyl (C=O) groups is 3. The molecule has 3 amide bonds. The highest BCUT2D eigenvalue weighted by Gasteiger charge is 2.50. The lowest BCUT2D eigenvalue weighted by molar-refractivity contribution is -0.127. The van der Waals surface area contributed by atoms with Crippen LogP contribution in [-0.2, 0) is 14.4 Å². The smallest absolute Gasteiger partial charge is 0.257 e. The maximum atomic E-state index is 13.0. The second-order valence-corrected chi connectivity index (χ2v) is 6.78. The molecule has 2 aromatic rings. The van der Waals surface area contributed by atoms with Gasteiger partial charge >= 0.3 is 0 Å². The molecule has 0 radical (unpaired) electrons. The summed E-state index contributed by atoms with van der Waals surface area (Å²) in [5.41, 5.74) is 1.65. The van der Waals surface area contributed by atoms with Gasteiger partial charge in [-0.05, 0) is 43.3 Å². The molecule has 7 nitrogen and oxygen atoms in total. The number of rotatable bonds is 4. The summed E-state index contributed by atoms with van der Waals surface area (Å²) in [5, 5.41) is 5.66. The lowest BCUT2D eigenvalue weighted by Crippen LogP contribution is -2.37. The Bertz CT molecular complexity index is 969. The minimum absolute atomic E-state index is 0.0171. The number of ether oxygens (including phenoxy) is 1. The maximum absolute atomic E-state index is 13.0. The van der Waals surface area contributed by atoms with Gasteiger partial charge in [0, 0.05) is 12.1 Å². The highest BCUT2D eigenvalue weighted by atomic mass is 16.5. The van der Waals surface area contributed by atoms with Gasteiger partial charge < -0.3 is 4.74 Å². The van der Waals surface area contributed by atoms with Gasteiger partial charge in [-0.1, -0.05) is 18.2 Å². The van der Waals surface area contributed by atoms with E-state index in [0.717, 1.165) is 4.90 Å². The molecule has 0 N–H and O–H groups in total. The van der Waals surface area contributed by atoms with E-state index in [-0.39, 0.29) is 24.1 Å². The third-order valence-electron chi connectivity index (χ3n) is 5.10. The van der Waals surface area contributed by atoms with Crippen LogP contribution in [0.25, 0.3) is 0 Å². The first-order chi connectivity index (χ1) is 13.5. The Labute approximate surface area is 162 Å². The summed E-state index contributed by atoms with van der Waals surface area (Å²) in [6, 6.07) is 15.7. The van der Waals surface area contributed by atoms with Gasteiger partial charge in [0.2, 0.25) is 11.8 Å². The Kier molecular flexibility index (Phi) is 4.43. The van der Waals surface area contributed by atoms with Gasteiger partial charge in [-0.15, -0.1) is 0 Å². The summed E-state index contributed by atoms with van der Waals surface area (Å²) < 4.78 is 5.12. The average molecular weight is 377 g/mol. The molecule has 0 aromatic heterocycles. The van der Waals surface area contributed by atoms with E-state index in [0.29, 0.717) is 22.8 Å². The number of imide groups is 1. The van der Waals surface area contributed by atoms with Crippen molar-refractivity contribution in [3.63, 3.8) is 0 Å². The van der Waals surface area contributed by atoms with Gasteiger partial charge in [0.1, 0.15) is 5.75 Å². The van der Waals surface area contributed by atoms with E-state index in [1.807, 2.05) is 18.2 Å². The molecule has 1 saturated heterocycles. The summed E-state index contributed by atoms with van der Waals surface area (Å²) in [4.78, 5) is 39.8. The SMILES string of the molecule is COc1ccc(N2C(=O)C[C@@H]([C@@H]3C(=O)N(c4ccccc4)N=C3C)C2=O)cc1. The van der Waals surface area contributed by atoms with Crippen molar-refractivity contribution in [2.45, 2.75) is 13.3 Å². The second kappa shape index (κ2) is 6.92. The van der Waals surface area contributed by atoms with Crippen LogP contribution in [0, 0.1) is 11.8 Å². The molecule has 2 aliphatic rings. The minimum Gasteiger partial charge on any atom is -0.497 e. The fourth-order valence-corrected chi connectivity index (χ4v) is 3.72. The number of hydrogen-bond donors (Lipinski definition) is 0. The number of methoxy groups -OCH3 is 1. The number of para-hydroxylation sites is 1. The van der Waals surface area contributed by atoms with Gasteiger partial charge in [0.05, 0.1) is 30.3 Å². The van der Waals surface area contributed by atoms with Crippen molar-refractivity contribution in [1.82, 2.24) is 0 Å². The normalized spacial score (nSPS) is 22.1. The zero-order chi connectivity index (χ0) is 19.8. The van der Waals surface area contributed by atoms with Crippen molar-refractivity contribution in [3.8, 4) is 5.75 Å². The van der Waals surface area contributed by atoms with Gasteiger partial charge in [-0.3, -0.25) is 19.3 Å². The van der Waals surface area contributed by atoms with Crippen molar-refractivity contribution in [1.29, 1.82) is 0 Å². The van der Waals surface area contributed by atoms with E-state index in [9.17, 15) is 14.4 Å². The van der Waals surface area contributed by atoms with Gasteiger partial charge in [-0.25, -0.2) is 5.01 Å². The van der Waals surface area contributed by atoms with Crippen LogP contribution in [0.15, 0.2) is 59.7 Å². The van der Waals surface area contributed by atoms with Crippen molar-refractivity contribution in [2.24, 2.45) is 16.9 Å². The molecule has 0 unspecified atom stereocenters. The number of amides is 3. The van der Waals surface area contributed by atoms with Crippen LogP contribution in [0.5, 0.6) is 5.75 Å². The number of benzene rings is 2. The second-order valence-electron chi connectivity index (χ2n) is 6.78. The third kappa shape index (κ3) is 2.85. The van der Waals surface area contributed by atoms with Crippen LogP contribution in [0.2, 0.25) is 0 Å². The average Bonchev–Trinajstić information content (AvgIpc) is 3.17. The summed E-state index contributed by atoms with van der Waals surface area (Å²) in [5.74, 6) is -1.84. The standard InChI is InChI=1S/C21H19N3O4/c1-13-19(21(27)24(22-13)15-6-4-3-5-7-15)17-12-18(25)23(20(17)26)14-8-10-16(28-2)11-9-14/h3-11,17,19H,12H2,1-2H3/t17-,19+/m0/s1. The van der Waals surface area contributed by atoms with Crippen LogP contribution in [0.4, 0.5) is 11.4 Å². The quantitative estimate of drug-likeness (QED) is 0.767. The summed E-state index contributed by atoms with van der Waals surface area (Å²) >= 11 is 0. The number of carbonyl (C=O) groups excluding carboxylic acids is 3. The van der Waals surface area contributed by atoms with Crippen molar-refractivity contribution in [3.05, 3.63) is 54.6 Å². The molecule has 2 atom stereocenters. The van der Waals surface area contributed by atoms with E-state index in [4.69, 9.17) is 4.74 Å². The zero-order valence-corrected chi connectivity index (χ0v) is 15.5. The highest BCUT2D eigenvalue weighted by molar-refractivity contribution is 6.25. The van der Waals surface area contributed by atoms with Crippen LogP contribution >= 0.6 is 0 Å². The Hall–Kier alpha value is -3.48. The topological polar surface area (TPSA) is 79.3 Å². The van der Waals surface area contributed by atoms with Crippen molar-refractivity contribution >= 4 is 34.8 Å². The van der Waals surface area contributed by atoms with Crippen molar-refractivity contribution < 1.29 is 19.1 Å². The lowest BCUT2D eigenvalue weighted by Gasteiger charge is -2.19. The number of hydrazone groups is 1. The van der Waals surface area contributed by atoms with Gasteiger partial charge in [0.25, 0.3) is 5.91 Å². The molecule has 4 rings (SSSR count). The lowest BCUT2D eigenvalue weighted by atomic mass is 9.87. The molecular weight excluding hydrogens is 358 g/mol. The first-order valence-electron chi connectivity index (χ1n) is 8.96. The molecule has 142 valence electrons. The molecule has 0 saturated carbocycles. The largest absolute Gasteiger partial charge is 0.497 e. The highest BCUT2D eigenvalue weighted by Crippen LogP contribution is 2.36. The molecule has 2 aromatic carbocycles. The van der Waals surface area contributed by atoms with Crippen LogP contribution in [0.3, 0.4) is 0 Å². The molecule has 28 heavy (non-hydrogen) atoms. The molecule has 1 fully saturated rings. The van der Waals surface area contributed by atoms with Gasteiger partial charge in [-0.2, -0.15) is 5.10 Å². The Morgan fingerprint density at radius 3 is 2.25 bits per heavy atom. The van der Waals surface area contributed by atoms with E-state index < -0.39 is 11.8 Å². The summed E-state index contributed by atoms with van der Waals surface area (Å²) in [6.07, 6.45) is -0.0171. The summed E-state index contributed by atoms with van der Waals surface area (Å²) in [6.45, 7) is 1.72. The van der Waals surface area contributed by atoms with E-state index in [1.165, 1.54) is 5.01 Å². The van der Waals surface area contributed by atoms with Gasteiger partial charge in [0.15, 0.2) is 0 Å². The Morgan fingerprint density at radius 1 is 0.929 bits per heavy atom. The molecule has 0 spiro atoms. The molecule has 2 heterocycles. The Balaban J connectivity index is 1.60. The molecule has 7 heteroatoms. The first kappa shape index (κ1) is 17.9. The fourth-order valence-electron chi connectivity index (χ4n) is 3.72.